The summed E-state index contributed by atoms with van der Waals surface area (Å²) in [5.74, 6) is -0.223. The third kappa shape index (κ3) is 4.26. The van der Waals surface area contributed by atoms with Crippen LogP contribution in [0.1, 0.15) is 18.1 Å². The van der Waals surface area contributed by atoms with Crippen molar-refractivity contribution in [2.24, 2.45) is 0 Å². The van der Waals surface area contributed by atoms with Crippen LogP contribution in [-0.4, -0.2) is 17.1 Å². The number of hydrogen-bond acceptors (Lipinski definition) is 1. The Morgan fingerprint density at radius 1 is 1.14 bits per heavy atom. The van der Waals surface area contributed by atoms with Crippen LogP contribution in [0, 0.1) is 5.82 Å². The van der Waals surface area contributed by atoms with Gasteiger partial charge in [0.05, 0.1) is 0 Å². The first-order chi connectivity index (χ1) is 10.1. The van der Waals surface area contributed by atoms with Gasteiger partial charge in [-0.25, -0.2) is 4.39 Å². The molecule has 2 aromatic carbocycles. The number of rotatable bonds is 4. The molecule has 1 N–H and O–H groups in total. The van der Waals surface area contributed by atoms with E-state index in [1.807, 2.05) is 30.1 Å². The van der Waals surface area contributed by atoms with Gasteiger partial charge in [0.1, 0.15) is 5.82 Å². The molecular weight excluding hydrogens is 283 g/mol. The van der Waals surface area contributed by atoms with Crippen LogP contribution in [-0.2, 0) is 13.0 Å². The van der Waals surface area contributed by atoms with Crippen molar-refractivity contribution in [2.45, 2.75) is 19.9 Å². The van der Waals surface area contributed by atoms with E-state index < -0.39 is 0 Å². The topological polar surface area (TPSA) is 15.3 Å². The molecule has 0 atom stereocenters. The van der Waals surface area contributed by atoms with E-state index in [2.05, 4.69) is 18.3 Å². The minimum absolute atomic E-state index is 0.223. The number of thiocarbonyl (C=S) groups is 1. The predicted molar refractivity (Wildman–Crippen MR) is 89.9 cm³/mol. The summed E-state index contributed by atoms with van der Waals surface area (Å²) in [6.45, 7) is 2.76. The van der Waals surface area contributed by atoms with Crippen LogP contribution in [0.4, 0.5) is 10.1 Å². The van der Waals surface area contributed by atoms with E-state index >= 15 is 0 Å². The van der Waals surface area contributed by atoms with E-state index in [4.69, 9.17) is 12.2 Å². The van der Waals surface area contributed by atoms with Crippen molar-refractivity contribution >= 4 is 23.0 Å². The average Bonchev–Trinajstić information content (AvgIpc) is 2.50. The summed E-state index contributed by atoms with van der Waals surface area (Å²) in [5.41, 5.74) is 3.29. The van der Waals surface area contributed by atoms with Gasteiger partial charge in [-0.05, 0) is 48.0 Å². The number of nitrogens with zero attached hydrogens (tertiary/aromatic N) is 1. The van der Waals surface area contributed by atoms with Gasteiger partial charge in [-0.2, -0.15) is 0 Å². The van der Waals surface area contributed by atoms with E-state index in [-0.39, 0.29) is 5.82 Å². The minimum atomic E-state index is -0.223. The fraction of sp³-hybridized carbons (Fsp3) is 0.235. The van der Waals surface area contributed by atoms with Crippen molar-refractivity contribution in [3.8, 4) is 0 Å². The lowest BCUT2D eigenvalue weighted by atomic mass is 10.1. The molecule has 110 valence electrons. The number of anilines is 1. The number of para-hydroxylation sites is 1. The Hall–Kier alpha value is -1.94. The quantitative estimate of drug-likeness (QED) is 0.851. The van der Waals surface area contributed by atoms with Crippen LogP contribution in [0.15, 0.2) is 48.5 Å². The molecule has 0 saturated carbocycles. The van der Waals surface area contributed by atoms with Gasteiger partial charge in [0, 0.05) is 19.3 Å². The second-order valence-electron chi connectivity index (χ2n) is 4.92. The highest BCUT2D eigenvalue weighted by atomic mass is 32.1. The zero-order chi connectivity index (χ0) is 15.2. The summed E-state index contributed by atoms with van der Waals surface area (Å²) in [5, 5.41) is 3.93. The lowest BCUT2D eigenvalue weighted by Gasteiger charge is -2.22. The van der Waals surface area contributed by atoms with E-state index in [9.17, 15) is 4.39 Å². The van der Waals surface area contributed by atoms with Gasteiger partial charge in [-0.15, -0.1) is 0 Å². The molecule has 2 nitrogen and oxygen atoms in total. The number of nitrogens with one attached hydrogen (secondary N) is 1. The Kier molecular flexibility index (Phi) is 5.28. The van der Waals surface area contributed by atoms with E-state index in [1.54, 1.807) is 12.1 Å². The lowest BCUT2D eigenvalue weighted by Crippen LogP contribution is -2.30. The Labute approximate surface area is 130 Å². The van der Waals surface area contributed by atoms with Crippen LogP contribution < -0.4 is 5.32 Å². The van der Waals surface area contributed by atoms with Gasteiger partial charge in [0.15, 0.2) is 5.11 Å². The Balaban J connectivity index is 2.01. The zero-order valence-corrected chi connectivity index (χ0v) is 13.1. The molecule has 0 unspecified atom stereocenters. The number of hydrogen-bond donors (Lipinski definition) is 1. The van der Waals surface area contributed by atoms with Crippen LogP contribution in [0.25, 0.3) is 0 Å². The Morgan fingerprint density at radius 2 is 1.81 bits per heavy atom. The summed E-state index contributed by atoms with van der Waals surface area (Å²) in [4.78, 5) is 1.94. The second kappa shape index (κ2) is 7.18. The maximum absolute atomic E-state index is 12.9. The summed E-state index contributed by atoms with van der Waals surface area (Å²) in [6, 6.07) is 14.6. The van der Waals surface area contributed by atoms with Crippen LogP contribution in [0.3, 0.4) is 0 Å². The number of aryl methyl sites for hydroxylation is 1. The molecule has 0 heterocycles. The van der Waals surface area contributed by atoms with Crippen molar-refractivity contribution in [3.05, 3.63) is 65.5 Å². The third-order valence-electron chi connectivity index (χ3n) is 3.32. The van der Waals surface area contributed by atoms with Crippen molar-refractivity contribution in [3.63, 3.8) is 0 Å². The summed E-state index contributed by atoms with van der Waals surface area (Å²) in [6.07, 6.45) is 0.952. The fourth-order valence-corrected chi connectivity index (χ4v) is 2.27. The standard InChI is InChI=1S/C17H19FN2S/c1-3-14-6-4-5-7-16(14)19-17(21)20(2)12-13-8-10-15(18)11-9-13/h4-11H,3,12H2,1-2H3,(H,19,21). The summed E-state index contributed by atoms with van der Waals surface area (Å²) < 4.78 is 12.9. The first kappa shape index (κ1) is 15.4. The molecule has 0 aliphatic carbocycles. The maximum Gasteiger partial charge on any atom is 0.173 e. The first-order valence-electron chi connectivity index (χ1n) is 6.94. The molecule has 2 aromatic rings. The molecule has 0 aliphatic rings. The van der Waals surface area contributed by atoms with Gasteiger partial charge in [-0.1, -0.05) is 37.3 Å². The molecule has 0 aliphatic heterocycles. The van der Waals surface area contributed by atoms with Crippen molar-refractivity contribution in [2.75, 3.05) is 12.4 Å². The molecule has 0 saturated heterocycles. The van der Waals surface area contributed by atoms with Gasteiger partial charge < -0.3 is 10.2 Å². The molecule has 0 bridgehead atoms. The highest BCUT2D eigenvalue weighted by molar-refractivity contribution is 7.80. The highest BCUT2D eigenvalue weighted by Crippen LogP contribution is 2.16. The molecule has 2 rings (SSSR count). The average molecular weight is 302 g/mol. The SMILES string of the molecule is CCc1ccccc1NC(=S)N(C)Cc1ccc(F)cc1. The van der Waals surface area contributed by atoms with Crippen LogP contribution in [0.2, 0.25) is 0 Å². The smallest absolute Gasteiger partial charge is 0.173 e. The van der Waals surface area contributed by atoms with Crippen LogP contribution in [0.5, 0.6) is 0 Å². The second-order valence-corrected chi connectivity index (χ2v) is 5.31. The molecule has 0 spiro atoms. The first-order valence-corrected chi connectivity index (χ1v) is 7.35. The van der Waals surface area contributed by atoms with Gasteiger partial charge in [-0.3, -0.25) is 0 Å². The van der Waals surface area contributed by atoms with Gasteiger partial charge in [0.25, 0.3) is 0 Å². The molecule has 0 fully saturated rings. The Morgan fingerprint density at radius 3 is 2.48 bits per heavy atom. The van der Waals surface area contributed by atoms with Crippen molar-refractivity contribution in [1.29, 1.82) is 0 Å². The van der Waals surface area contributed by atoms with E-state index in [0.29, 0.717) is 11.7 Å². The van der Waals surface area contributed by atoms with Crippen molar-refractivity contribution in [1.82, 2.24) is 4.90 Å². The van der Waals surface area contributed by atoms with Crippen molar-refractivity contribution < 1.29 is 4.39 Å². The van der Waals surface area contributed by atoms with Gasteiger partial charge in [0.2, 0.25) is 0 Å². The molecule has 0 amide bonds. The lowest BCUT2D eigenvalue weighted by molar-refractivity contribution is 0.507. The fourth-order valence-electron chi connectivity index (χ4n) is 2.10. The predicted octanol–water partition coefficient (Wildman–Crippen LogP) is 4.22. The highest BCUT2D eigenvalue weighted by Gasteiger charge is 2.07. The molecule has 21 heavy (non-hydrogen) atoms. The third-order valence-corrected chi connectivity index (χ3v) is 3.73. The maximum atomic E-state index is 12.9. The zero-order valence-electron chi connectivity index (χ0n) is 12.3. The van der Waals surface area contributed by atoms with E-state index in [1.165, 1.54) is 17.7 Å². The number of benzene rings is 2. The minimum Gasteiger partial charge on any atom is -0.348 e. The van der Waals surface area contributed by atoms with Gasteiger partial charge >= 0.3 is 0 Å². The summed E-state index contributed by atoms with van der Waals surface area (Å²) >= 11 is 5.43. The molecule has 0 radical (unpaired) electrons. The summed E-state index contributed by atoms with van der Waals surface area (Å²) in [7, 11) is 1.92. The largest absolute Gasteiger partial charge is 0.348 e. The normalized spacial score (nSPS) is 10.2. The van der Waals surface area contributed by atoms with Crippen LogP contribution >= 0.6 is 12.2 Å². The Bertz CT molecular complexity index is 610. The molecule has 0 aromatic heterocycles. The molecular formula is C17H19FN2S. The molecule has 4 heteroatoms. The monoisotopic (exact) mass is 302 g/mol. The van der Waals surface area contributed by atoms with E-state index in [0.717, 1.165) is 17.7 Å². The number of halogens is 1.